The SMILES string of the molecule is O=C(N[C@@H]1CCCN(Cc2csc3ccccc23)C1)N1CCC2=C(C1)C(c1ccc(-c3ccccc3)nc1)NN2. The Morgan fingerprint density at radius 1 is 1.05 bits per heavy atom. The molecular weight excluding hydrogens is 516 g/mol. The van der Waals surface area contributed by atoms with Crippen LogP contribution in [-0.4, -0.2) is 53.0 Å². The number of pyridine rings is 1. The number of fused-ring (bicyclic) bond motifs is 1. The first-order valence-electron chi connectivity index (χ1n) is 14.2. The van der Waals surface area contributed by atoms with Crippen molar-refractivity contribution in [2.75, 3.05) is 26.2 Å². The van der Waals surface area contributed by atoms with Gasteiger partial charge in [0.15, 0.2) is 0 Å². The molecule has 7 nitrogen and oxygen atoms in total. The highest BCUT2D eigenvalue weighted by atomic mass is 32.1. The lowest BCUT2D eigenvalue weighted by molar-refractivity contribution is 0.164. The van der Waals surface area contributed by atoms with E-state index in [-0.39, 0.29) is 18.1 Å². The third kappa shape index (κ3) is 5.10. The summed E-state index contributed by atoms with van der Waals surface area (Å²) in [5.74, 6) is 0. The van der Waals surface area contributed by atoms with Crippen LogP contribution in [0.5, 0.6) is 0 Å². The van der Waals surface area contributed by atoms with E-state index < -0.39 is 0 Å². The molecule has 3 aliphatic rings. The van der Waals surface area contributed by atoms with Gasteiger partial charge in [-0.15, -0.1) is 11.3 Å². The summed E-state index contributed by atoms with van der Waals surface area (Å²) >= 11 is 1.82. The van der Waals surface area contributed by atoms with Gasteiger partial charge in [0.25, 0.3) is 0 Å². The van der Waals surface area contributed by atoms with Crippen molar-refractivity contribution < 1.29 is 4.79 Å². The summed E-state index contributed by atoms with van der Waals surface area (Å²) in [4.78, 5) is 22.6. The molecule has 204 valence electrons. The minimum atomic E-state index is 0.00790. The summed E-state index contributed by atoms with van der Waals surface area (Å²) in [5, 5.41) is 7.01. The molecule has 2 atom stereocenters. The molecule has 3 aliphatic heterocycles. The molecule has 0 aliphatic carbocycles. The molecule has 0 saturated carbocycles. The van der Waals surface area contributed by atoms with Gasteiger partial charge in [-0.3, -0.25) is 9.88 Å². The number of amides is 2. The Labute approximate surface area is 238 Å². The molecule has 0 radical (unpaired) electrons. The van der Waals surface area contributed by atoms with Crippen molar-refractivity contribution in [3.8, 4) is 11.3 Å². The van der Waals surface area contributed by atoms with Crippen molar-refractivity contribution in [1.82, 2.24) is 31.0 Å². The molecule has 7 rings (SSSR count). The third-order valence-corrected chi connectivity index (χ3v) is 9.37. The number of rotatable bonds is 5. The first-order chi connectivity index (χ1) is 19.7. The van der Waals surface area contributed by atoms with Crippen molar-refractivity contribution in [1.29, 1.82) is 0 Å². The van der Waals surface area contributed by atoms with Gasteiger partial charge in [-0.1, -0.05) is 54.6 Å². The van der Waals surface area contributed by atoms with E-state index in [9.17, 15) is 4.79 Å². The Morgan fingerprint density at radius 3 is 2.80 bits per heavy atom. The number of urea groups is 1. The first-order valence-corrected chi connectivity index (χ1v) is 15.1. The molecule has 40 heavy (non-hydrogen) atoms. The minimum Gasteiger partial charge on any atom is -0.334 e. The Balaban J connectivity index is 0.977. The normalized spacial score (nSPS) is 21.4. The first kappa shape index (κ1) is 25.3. The van der Waals surface area contributed by atoms with Gasteiger partial charge in [0, 0.05) is 60.8 Å². The van der Waals surface area contributed by atoms with Crippen LogP contribution in [0.2, 0.25) is 0 Å². The van der Waals surface area contributed by atoms with Crippen LogP contribution >= 0.6 is 11.3 Å². The number of carbonyl (C=O) groups excluding carboxylic acids is 1. The number of nitrogens with one attached hydrogen (secondary N) is 3. The second kappa shape index (κ2) is 11.0. The van der Waals surface area contributed by atoms with Crippen LogP contribution in [0.25, 0.3) is 21.3 Å². The van der Waals surface area contributed by atoms with E-state index in [4.69, 9.17) is 4.98 Å². The maximum absolute atomic E-state index is 13.4. The summed E-state index contributed by atoms with van der Waals surface area (Å²) < 4.78 is 1.34. The van der Waals surface area contributed by atoms with Crippen LogP contribution in [0.3, 0.4) is 0 Å². The smallest absolute Gasteiger partial charge is 0.317 e. The molecule has 5 heterocycles. The van der Waals surface area contributed by atoms with Crippen LogP contribution in [-0.2, 0) is 6.54 Å². The van der Waals surface area contributed by atoms with Gasteiger partial charge < -0.3 is 15.6 Å². The number of aromatic nitrogens is 1. The summed E-state index contributed by atoms with van der Waals surface area (Å²) in [5.41, 5.74) is 13.8. The van der Waals surface area contributed by atoms with Gasteiger partial charge in [0.05, 0.1) is 11.7 Å². The zero-order valence-corrected chi connectivity index (χ0v) is 23.3. The largest absolute Gasteiger partial charge is 0.334 e. The highest BCUT2D eigenvalue weighted by molar-refractivity contribution is 7.17. The predicted octanol–water partition coefficient (Wildman–Crippen LogP) is 5.45. The highest BCUT2D eigenvalue weighted by Crippen LogP contribution is 2.33. The quantitative estimate of drug-likeness (QED) is 0.308. The monoisotopic (exact) mass is 550 g/mol. The van der Waals surface area contributed by atoms with Crippen LogP contribution in [0, 0.1) is 0 Å². The van der Waals surface area contributed by atoms with Crippen molar-refractivity contribution in [3.63, 3.8) is 0 Å². The van der Waals surface area contributed by atoms with Gasteiger partial charge >= 0.3 is 6.03 Å². The Hall–Kier alpha value is -3.72. The van der Waals surface area contributed by atoms with Crippen molar-refractivity contribution in [2.45, 2.75) is 37.9 Å². The lowest BCUT2D eigenvalue weighted by Gasteiger charge is -2.35. The fourth-order valence-corrected chi connectivity index (χ4v) is 7.19. The second-order valence-electron chi connectivity index (χ2n) is 11.0. The molecule has 1 saturated heterocycles. The third-order valence-electron chi connectivity index (χ3n) is 8.36. The summed E-state index contributed by atoms with van der Waals surface area (Å²) in [6.07, 6.45) is 4.90. The standard InChI is InChI=1S/C32H34N6OS/c39-32(34-25-9-6-15-37(19-25)18-24-21-40-30-11-5-4-10-26(24)30)38-16-14-29-27(20-38)31(36-35-29)23-12-13-28(33-17-23)22-7-2-1-3-8-22/h1-5,7-8,10-13,17,21,25,31,35-36H,6,9,14-16,18-20H2,(H,34,39)/t25-,31?/m1/s1. The number of carbonyl (C=O) groups is 1. The van der Waals surface area contributed by atoms with E-state index in [1.165, 1.54) is 26.9 Å². The topological polar surface area (TPSA) is 72.5 Å². The lowest BCUT2D eigenvalue weighted by Crippen LogP contribution is -2.52. The molecule has 2 aromatic heterocycles. The van der Waals surface area contributed by atoms with Crippen LogP contribution < -0.4 is 16.2 Å². The summed E-state index contributed by atoms with van der Waals surface area (Å²) in [6.45, 7) is 4.24. The number of likely N-dealkylation sites (tertiary alicyclic amines) is 1. The number of piperidine rings is 1. The Kier molecular flexibility index (Phi) is 6.97. The average Bonchev–Trinajstić information content (AvgIpc) is 3.62. The molecule has 2 aromatic carbocycles. The van der Waals surface area contributed by atoms with Crippen LogP contribution in [0.4, 0.5) is 4.79 Å². The Bertz CT molecular complexity index is 1530. The molecule has 2 amide bonds. The lowest BCUT2D eigenvalue weighted by atomic mass is 9.96. The zero-order chi connectivity index (χ0) is 26.9. The van der Waals surface area contributed by atoms with Crippen molar-refractivity contribution in [3.05, 3.63) is 101 Å². The number of thiophene rings is 1. The number of nitrogens with zero attached hydrogens (tertiary/aromatic N) is 3. The van der Waals surface area contributed by atoms with E-state index in [0.29, 0.717) is 13.1 Å². The molecule has 0 spiro atoms. The molecule has 0 bridgehead atoms. The predicted molar refractivity (Wildman–Crippen MR) is 161 cm³/mol. The molecule has 1 fully saturated rings. The van der Waals surface area contributed by atoms with Gasteiger partial charge in [-0.2, -0.15) is 0 Å². The molecular formula is C32H34N6OS. The highest BCUT2D eigenvalue weighted by Gasteiger charge is 2.34. The van der Waals surface area contributed by atoms with Crippen LogP contribution in [0.1, 0.15) is 36.4 Å². The van der Waals surface area contributed by atoms with Gasteiger partial charge in [0.1, 0.15) is 0 Å². The molecule has 1 unspecified atom stereocenters. The zero-order valence-electron chi connectivity index (χ0n) is 22.5. The Morgan fingerprint density at radius 2 is 1.93 bits per heavy atom. The van der Waals surface area contributed by atoms with E-state index >= 15 is 0 Å². The number of hydrogen-bond donors (Lipinski definition) is 3. The average molecular weight is 551 g/mol. The van der Waals surface area contributed by atoms with Gasteiger partial charge in [-0.05, 0) is 59.0 Å². The van der Waals surface area contributed by atoms with E-state index in [1.54, 1.807) is 0 Å². The summed E-state index contributed by atoms with van der Waals surface area (Å²) in [6, 6.07) is 23.3. The maximum atomic E-state index is 13.4. The molecule has 3 N–H and O–H groups in total. The number of hydrazine groups is 1. The van der Waals surface area contributed by atoms with Crippen LogP contribution in [0.15, 0.2) is 89.6 Å². The second-order valence-corrected chi connectivity index (χ2v) is 11.9. The van der Waals surface area contributed by atoms with E-state index in [2.05, 4.69) is 75.0 Å². The van der Waals surface area contributed by atoms with Crippen molar-refractivity contribution >= 4 is 27.5 Å². The summed E-state index contributed by atoms with van der Waals surface area (Å²) in [7, 11) is 0. The number of hydrogen-bond acceptors (Lipinski definition) is 6. The van der Waals surface area contributed by atoms with E-state index in [1.807, 2.05) is 40.6 Å². The van der Waals surface area contributed by atoms with Crippen molar-refractivity contribution in [2.24, 2.45) is 0 Å². The minimum absolute atomic E-state index is 0.00790. The maximum Gasteiger partial charge on any atom is 0.317 e. The molecule has 4 aromatic rings. The van der Waals surface area contributed by atoms with Gasteiger partial charge in [0.2, 0.25) is 0 Å². The fourth-order valence-electron chi connectivity index (χ4n) is 6.23. The number of benzene rings is 2. The van der Waals surface area contributed by atoms with E-state index in [0.717, 1.165) is 55.7 Å². The fraction of sp³-hybridized carbons (Fsp3) is 0.312. The molecule has 8 heteroatoms. The van der Waals surface area contributed by atoms with Gasteiger partial charge in [-0.25, -0.2) is 10.2 Å².